The van der Waals surface area contributed by atoms with E-state index in [9.17, 15) is 4.79 Å². The largest absolute Gasteiger partial charge is 0.399 e. The lowest BCUT2D eigenvalue weighted by molar-refractivity contribution is 0.104. The maximum Gasteiger partial charge on any atom is 0.185 e. The lowest BCUT2D eigenvalue weighted by atomic mass is 10.1. The number of aryl methyl sites for hydroxylation is 1. The summed E-state index contributed by atoms with van der Waals surface area (Å²) in [5.74, 6) is -0.0662. The molecule has 0 unspecified atom stereocenters. The van der Waals surface area contributed by atoms with Gasteiger partial charge in [0.15, 0.2) is 5.78 Å². The predicted molar refractivity (Wildman–Crippen MR) is 79.8 cm³/mol. The zero-order chi connectivity index (χ0) is 13.8. The lowest BCUT2D eigenvalue weighted by Gasteiger charge is -2.01. The van der Waals surface area contributed by atoms with E-state index in [-0.39, 0.29) is 5.78 Å². The molecule has 2 rings (SSSR count). The molecule has 0 aliphatic rings. The van der Waals surface area contributed by atoms with Crippen LogP contribution >= 0.6 is 0 Å². The normalized spacial score (nSPS) is 10.8. The van der Waals surface area contributed by atoms with Gasteiger partial charge >= 0.3 is 0 Å². The Morgan fingerprint density at radius 3 is 2.37 bits per heavy atom. The standard InChI is InChI=1S/C16H16N2O/c1-11-2-6-13(10-15(11)18)16(19)9-5-12-3-7-14(17)8-4-12/h2-10H,17-18H2,1H3/b9-5+. The van der Waals surface area contributed by atoms with Gasteiger partial charge in [-0.3, -0.25) is 4.79 Å². The number of carbonyl (C=O) groups is 1. The Bertz CT molecular complexity index is 628. The summed E-state index contributed by atoms with van der Waals surface area (Å²) < 4.78 is 0. The second-order valence-corrected chi connectivity index (χ2v) is 4.44. The highest BCUT2D eigenvalue weighted by Crippen LogP contribution is 2.14. The molecule has 3 nitrogen and oxygen atoms in total. The van der Waals surface area contributed by atoms with E-state index in [1.807, 2.05) is 25.1 Å². The molecule has 0 bridgehead atoms. The van der Waals surface area contributed by atoms with E-state index in [0.29, 0.717) is 16.9 Å². The molecule has 96 valence electrons. The number of carbonyl (C=O) groups excluding carboxylic acids is 1. The van der Waals surface area contributed by atoms with Crippen molar-refractivity contribution in [1.82, 2.24) is 0 Å². The van der Waals surface area contributed by atoms with Gasteiger partial charge in [-0.15, -0.1) is 0 Å². The van der Waals surface area contributed by atoms with Gasteiger partial charge in [-0.05, 0) is 42.3 Å². The highest BCUT2D eigenvalue weighted by Gasteiger charge is 2.03. The summed E-state index contributed by atoms with van der Waals surface area (Å²) in [5.41, 5.74) is 15.2. The quantitative estimate of drug-likeness (QED) is 0.501. The Morgan fingerprint density at radius 1 is 1.05 bits per heavy atom. The van der Waals surface area contributed by atoms with Crippen LogP contribution in [0.5, 0.6) is 0 Å². The monoisotopic (exact) mass is 252 g/mol. The van der Waals surface area contributed by atoms with Crippen LogP contribution in [0.2, 0.25) is 0 Å². The van der Waals surface area contributed by atoms with Crippen LogP contribution in [-0.4, -0.2) is 5.78 Å². The molecule has 0 aliphatic carbocycles. The molecule has 4 N–H and O–H groups in total. The van der Waals surface area contributed by atoms with Crippen molar-refractivity contribution in [1.29, 1.82) is 0 Å². The summed E-state index contributed by atoms with van der Waals surface area (Å²) in [6.45, 7) is 1.91. The minimum Gasteiger partial charge on any atom is -0.399 e. The van der Waals surface area contributed by atoms with Gasteiger partial charge in [-0.25, -0.2) is 0 Å². The Hall–Kier alpha value is -2.55. The fourth-order valence-electron chi connectivity index (χ4n) is 1.67. The molecule has 0 heterocycles. The smallest absolute Gasteiger partial charge is 0.185 e. The maximum absolute atomic E-state index is 12.0. The second kappa shape index (κ2) is 5.40. The van der Waals surface area contributed by atoms with Gasteiger partial charge in [0, 0.05) is 16.9 Å². The molecule has 0 saturated carbocycles. The molecule has 2 aromatic rings. The highest BCUT2D eigenvalue weighted by molar-refractivity contribution is 6.07. The Balaban J connectivity index is 2.16. The Kier molecular flexibility index (Phi) is 3.66. The van der Waals surface area contributed by atoms with E-state index in [2.05, 4.69) is 0 Å². The summed E-state index contributed by atoms with van der Waals surface area (Å²) in [4.78, 5) is 12.0. The van der Waals surface area contributed by atoms with Crippen LogP contribution in [0.4, 0.5) is 11.4 Å². The van der Waals surface area contributed by atoms with Crippen LogP contribution in [0.15, 0.2) is 48.5 Å². The summed E-state index contributed by atoms with van der Waals surface area (Å²) in [6.07, 6.45) is 3.30. The van der Waals surface area contributed by atoms with Gasteiger partial charge in [-0.2, -0.15) is 0 Å². The third-order valence-electron chi connectivity index (χ3n) is 2.93. The van der Waals surface area contributed by atoms with Gasteiger partial charge in [0.05, 0.1) is 0 Å². The molecule has 3 heteroatoms. The molecular formula is C16H16N2O. The maximum atomic E-state index is 12.0. The summed E-state index contributed by atoms with van der Waals surface area (Å²) >= 11 is 0. The average molecular weight is 252 g/mol. The molecular weight excluding hydrogens is 236 g/mol. The van der Waals surface area contributed by atoms with Crippen molar-refractivity contribution < 1.29 is 4.79 Å². The first-order valence-electron chi connectivity index (χ1n) is 6.00. The molecule has 0 fully saturated rings. The van der Waals surface area contributed by atoms with Crippen LogP contribution in [0.25, 0.3) is 6.08 Å². The number of hydrogen-bond acceptors (Lipinski definition) is 3. The minimum atomic E-state index is -0.0662. The number of allylic oxidation sites excluding steroid dienone is 1. The molecule has 0 aliphatic heterocycles. The third kappa shape index (κ3) is 3.22. The number of hydrogen-bond donors (Lipinski definition) is 2. The number of ketones is 1. The van der Waals surface area contributed by atoms with Crippen molar-refractivity contribution in [3.05, 3.63) is 65.2 Å². The summed E-state index contributed by atoms with van der Waals surface area (Å²) in [5, 5.41) is 0. The molecule has 0 amide bonds. The molecule has 0 spiro atoms. The zero-order valence-electron chi connectivity index (χ0n) is 10.8. The molecule has 2 aromatic carbocycles. The van der Waals surface area contributed by atoms with Crippen LogP contribution in [0.3, 0.4) is 0 Å². The number of benzene rings is 2. The summed E-state index contributed by atoms with van der Waals surface area (Å²) in [7, 11) is 0. The molecule has 19 heavy (non-hydrogen) atoms. The topological polar surface area (TPSA) is 69.1 Å². The van der Waals surface area contributed by atoms with Crippen LogP contribution in [0, 0.1) is 6.92 Å². The van der Waals surface area contributed by atoms with E-state index >= 15 is 0 Å². The van der Waals surface area contributed by atoms with Crippen molar-refractivity contribution >= 4 is 23.2 Å². The molecule has 0 radical (unpaired) electrons. The van der Waals surface area contributed by atoms with Crippen LogP contribution in [-0.2, 0) is 0 Å². The number of nitrogen functional groups attached to an aromatic ring is 2. The minimum absolute atomic E-state index is 0.0662. The first-order valence-corrected chi connectivity index (χ1v) is 6.00. The lowest BCUT2D eigenvalue weighted by Crippen LogP contribution is -1.97. The zero-order valence-corrected chi connectivity index (χ0v) is 10.8. The molecule has 0 saturated heterocycles. The van der Waals surface area contributed by atoms with Crippen LogP contribution < -0.4 is 11.5 Å². The summed E-state index contributed by atoms with van der Waals surface area (Å²) in [6, 6.07) is 12.7. The molecule has 0 atom stereocenters. The van der Waals surface area contributed by atoms with Gasteiger partial charge in [0.25, 0.3) is 0 Å². The number of anilines is 2. The Morgan fingerprint density at radius 2 is 1.74 bits per heavy atom. The van der Waals surface area contributed by atoms with E-state index in [4.69, 9.17) is 11.5 Å². The highest BCUT2D eigenvalue weighted by atomic mass is 16.1. The van der Waals surface area contributed by atoms with Crippen molar-refractivity contribution in [3.8, 4) is 0 Å². The van der Waals surface area contributed by atoms with Gasteiger partial charge in [0.1, 0.15) is 0 Å². The van der Waals surface area contributed by atoms with Crippen molar-refractivity contribution in [3.63, 3.8) is 0 Å². The predicted octanol–water partition coefficient (Wildman–Crippen LogP) is 3.06. The SMILES string of the molecule is Cc1ccc(C(=O)/C=C/c2ccc(N)cc2)cc1N. The van der Waals surface area contributed by atoms with Crippen molar-refractivity contribution in [2.75, 3.05) is 11.5 Å². The Labute approximate surface area is 112 Å². The van der Waals surface area contributed by atoms with Crippen molar-refractivity contribution in [2.45, 2.75) is 6.92 Å². The van der Waals surface area contributed by atoms with Crippen molar-refractivity contribution in [2.24, 2.45) is 0 Å². The van der Waals surface area contributed by atoms with E-state index < -0.39 is 0 Å². The number of nitrogens with two attached hydrogens (primary N) is 2. The van der Waals surface area contributed by atoms with E-state index in [1.165, 1.54) is 6.08 Å². The fourth-order valence-corrected chi connectivity index (χ4v) is 1.67. The number of rotatable bonds is 3. The van der Waals surface area contributed by atoms with Gasteiger partial charge < -0.3 is 11.5 Å². The van der Waals surface area contributed by atoms with Gasteiger partial charge in [-0.1, -0.05) is 30.3 Å². The van der Waals surface area contributed by atoms with E-state index in [1.54, 1.807) is 30.3 Å². The third-order valence-corrected chi connectivity index (χ3v) is 2.93. The van der Waals surface area contributed by atoms with E-state index in [0.717, 1.165) is 11.1 Å². The van der Waals surface area contributed by atoms with Gasteiger partial charge in [0.2, 0.25) is 0 Å². The second-order valence-electron chi connectivity index (χ2n) is 4.44. The average Bonchev–Trinajstić information content (AvgIpc) is 2.41. The first-order chi connectivity index (χ1) is 9.06. The fraction of sp³-hybridized carbons (Fsp3) is 0.0625. The van der Waals surface area contributed by atoms with Crippen LogP contribution in [0.1, 0.15) is 21.5 Å². The first kappa shape index (κ1) is 12.9. The molecule has 0 aromatic heterocycles.